The van der Waals surface area contributed by atoms with Crippen molar-refractivity contribution in [1.29, 1.82) is 0 Å². The Morgan fingerprint density at radius 2 is 1.89 bits per heavy atom. The zero-order valence-electron chi connectivity index (χ0n) is 17.9. The van der Waals surface area contributed by atoms with Gasteiger partial charge in [-0.05, 0) is 41.9 Å². The minimum absolute atomic E-state index is 0. The van der Waals surface area contributed by atoms with Crippen LogP contribution in [-0.4, -0.2) is 51.0 Å². The number of aliphatic imine (C=N–C) groups is 1. The number of nitrogens with one attached hydrogen (secondary N) is 2. The minimum atomic E-state index is 0. The van der Waals surface area contributed by atoms with Gasteiger partial charge in [-0.3, -0.25) is 9.79 Å². The van der Waals surface area contributed by atoms with Crippen molar-refractivity contribution in [1.82, 2.24) is 15.5 Å². The Bertz CT molecular complexity index is 612. The molecule has 0 unspecified atom stereocenters. The van der Waals surface area contributed by atoms with Crippen molar-refractivity contribution in [2.45, 2.75) is 40.5 Å². The molecule has 0 spiro atoms. The maximum absolute atomic E-state index is 12.1. The third-order valence-corrected chi connectivity index (χ3v) is 4.21. The van der Waals surface area contributed by atoms with Gasteiger partial charge in [-0.1, -0.05) is 39.8 Å². The highest BCUT2D eigenvalue weighted by Crippen LogP contribution is 2.23. The van der Waals surface area contributed by atoms with Gasteiger partial charge < -0.3 is 15.5 Å². The lowest BCUT2D eigenvalue weighted by molar-refractivity contribution is 0.0827. The Morgan fingerprint density at radius 3 is 2.44 bits per heavy atom. The van der Waals surface area contributed by atoms with E-state index in [1.807, 2.05) is 18.2 Å². The second kappa shape index (κ2) is 12.2. The molecule has 0 heterocycles. The Kier molecular flexibility index (Phi) is 11.6. The molecule has 27 heavy (non-hydrogen) atoms. The standard InChI is InChI=1S/C21H36N4O.HI/c1-16(2)14-21(3,4)15-24-20(22-5)23-12-11-17-9-8-10-18(13-17)19(26)25(6)7;/h8-10,13,16H,11-12,14-15H2,1-7H3,(H2,22,23,24);1H. The number of benzene rings is 1. The summed E-state index contributed by atoms with van der Waals surface area (Å²) in [6.07, 6.45) is 2.01. The van der Waals surface area contributed by atoms with E-state index in [1.54, 1.807) is 26.0 Å². The van der Waals surface area contributed by atoms with Crippen LogP contribution in [0.2, 0.25) is 0 Å². The SMILES string of the molecule is CN=C(NCCc1cccc(C(=O)N(C)C)c1)NCC(C)(C)CC(C)C.I. The summed E-state index contributed by atoms with van der Waals surface area (Å²) in [5, 5.41) is 6.78. The van der Waals surface area contributed by atoms with Crippen LogP contribution in [0.5, 0.6) is 0 Å². The molecule has 0 aliphatic carbocycles. The molecule has 1 amide bonds. The van der Waals surface area contributed by atoms with E-state index in [9.17, 15) is 4.79 Å². The first kappa shape index (κ1) is 25.7. The molecule has 0 aromatic heterocycles. The lowest BCUT2D eigenvalue weighted by Gasteiger charge is -2.28. The number of hydrogen-bond acceptors (Lipinski definition) is 2. The van der Waals surface area contributed by atoms with Gasteiger partial charge in [0.2, 0.25) is 0 Å². The number of carbonyl (C=O) groups is 1. The molecule has 6 heteroatoms. The highest BCUT2D eigenvalue weighted by atomic mass is 127. The Hall–Kier alpha value is -1.31. The van der Waals surface area contributed by atoms with Crippen molar-refractivity contribution in [2.24, 2.45) is 16.3 Å². The van der Waals surface area contributed by atoms with Crippen molar-refractivity contribution in [2.75, 3.05) is 34.2 Å². The number of guanidine groups is 1. The predicted molar refractivity (Wildman–Crippen MR) is 126 cm³/mol. The molecular formula is C21H37IN4O. The van der Waals surface area contributed by atoms with Crippen LogP contribution < -0.4 is 10.6 Å². The third kappa shape index (κ3) is 9.98. The van der Waals surface area contributed by atoms with E-state index >= 15 is 0 Å². The van der Waals surface area contributed by atoms with Gasteiger partial charge in [-0.25, -0.2) is 0 Å². The monoisotopic (exact) mass is 488 g/mol. The largest absolute Gasteiger partial charge is 0.356 e. The minimum Gasteiger partial charge on any atom is -0.356 e. The number of carbonyl (C=O) groups excluding carboxylic acids is 1. The second-order valence-electron chi connectivity index (χ2n) is 8.26. The summed E-state index contributed by atoms with van der Waals surface area (Å²) in [6.45, 7) is 10.7. The molecule has 0 bridgehead atoms. The van der Waals surface area contributed by atoms with E-state index in [0.29, 0.717) is 5.92 Å². The van der Waals surface area contributed by atoms with Crippen LogP contribution in [-0.2, 0) is 6.42 Å². The van der Waals surface area contributed by atoms with Crippen LogP contribution in [0.1, 0.15) is 50.0 Å². The second-order valence-corrected chi connectivity index (χ2v) is 8.26. The summed E-state index contributed by atoms with van der Waals surface area (Å²) in [5.41, 5.74) is 2.10. The van der Waals surface area contributed by atoms with E-state index in [1.165, 1.54) is 6.42 Å². The average molecular weight is 488 g/mol. The normalized spacial score (nSPS) is 11.8. The summed E-state index contributed by atoms with van der Waals surface area (Å²) in [4.78, 5) is 18.0. The highest BCUT2D eigenvalue weighted by molar-refractivity contribution is 14.0. The van der Waals surface area contributed by atoms with Gasteiger partial charge in [0.15, 0.2) is 5.96 Å². The summed E-state index contributed by atoms with van der Waals surface area (Å²) >= 11 is 0. The van der Waals surface area contributed by atoms with Crippen molar-refractivity contribution in [3.63, 3.8) is 0 Å². The molecular weight excluding hydrogens is 451 g/mol. The predicted octanol–water partition coefficient (Wildman–Crippen LogP) is 3.79. The molecule has 154 valence electrons. The van der Waals surface area contributed by atoms with Crippen LogP contribution in [0.3, 0.4) is 0 Å². The van der Waals surface area contributed by atoms with Gasteiger partial charge >= 0.3 is 0 Å². The third-order valence-electron chi connectivity index (χ3n) is 4.21. The first-order valence-electron chi connectivity index (χ1n) is 9.40. The summed E-state index contributed by atoms with van der Waals surface area (Å²) < 4.78 is 0. The van der Waals surface area contributed by atoms with Gasteiger partial charge in [0.05, 0.1) is 0 Å². The maximum atomic E-state index is 12.1. The molecule has 0 saturated heterocycles. The molecule has 0 fully saturated rings. The fraction of sp³-hybridized carbons (Fsp3) is 0.619. The van der Waals surface area contributed by atoms with Gasteiger partial charge in [0.25, 0.3) is 5.91 Å². The van der Waals surface area contributed by atoms with Crippen molar-refractivity contribution in [3.8, 4) is 0 Å². The van der Waals surface area contributed by atoms with E-state index < -0.39 is 0 Å². The molecule has 1 aromatic carbocycles. The lowest BCUT2D eigenvalue weighted by Crippen LogP contribution is -2.43. The molecule has 0 saturated carbocycles. The van der Waals surface area contributed by atoms with Crippen LogP contribution in [0.4, 0.5) is 0 Å². The van der Waals surface area contributed by atoms with Crippen LogP contribution in [0, 0.1) is 11.3 Å². The molecule has 1 rings (SSSR count). The topological polar surface area (TPSA) is 56.7 Å². The molecule has 5 nitrogen and oxygen atoms in total. The summed E-state index contributed by atoms with van der Waals surface area (Å²) in [7, 11) is 5.33. The van der Waals surface area contributed by atoms with E-state index in [2.05, 4.69) is 49.4 Å². The van der Waals surface area contributed by atoms with Gasteiger partial charge in [-0.15, -0.1) is 24.0 Å². The summed E-state index contributed by atoms with van der Waals surface area (Å²) in [6, 6.07) is 7.81. The fourth-order valence-corrected chi connectivity index (χ4v) is 3.16. The first-order chi connectivity index (χ1) is 12.1. The molecule has 0 aliphatic heterocycles. The zero-order valence-corrected chi connectivity index (χ0v) is 20.3. The Balaban J connectivity index is 0.00000676. The highest BCUT2D eigenvalue weighted by Gasteiger charge is 2.19. The van der Waals surface area contributed by atoms with E-state index in [0.717, 1.165) is 36.6 Å². The number of halogens is 1. The fourth-order valence-electron chi connectivity index (χ4n) is 3.16. The van der Waals surface area contributed by atoms with Gasteiger partial charge in [0, 0.05) is 39.8 Å². The first-order valence-corrected chi connectivity index (χ1v) is 9.40. The lowest BCUT2D eigenvalue weighted by atomic mass is 9.84. The van der Waals surface area contributed by atoms with E-state index in [-0.39, 0.29) is 35.3 Å². The molecule has 1 aromatic rings. The quantitative estimate of drug-likeness (QED) is 0.333. The van der Waals surface area contributed by atoms with Gasteiger partial charge in [0.1, 0.15) is 0 Å². The van der Waals surface area contributed by atoms with Crippen molar-refractivity contribution < 1.29 is 4.79 Å². The molecule has 0 atom stereocenters. The molecule has 2 N–H and O–H groups in total. The van der Waals surface area contributed by atoms with Crippen molar-refractivity contribution >= 4 is 35.8 Å². The molecule has 0 radical (unpaired) electrons. The smallest absolute Gasteiger partial charge is 0.253 e. The van der Waals surface area contributed by atoms with E-state index in [4.69, 9.17) is 0 Å². The number of rotatable bonds is 8. The van der Waals surface area contributed by atoms with Crippen molar-refractivity contribution in [3.05, 3.63) is 35.4 Å². The maximum Gasteiger partial charge on any atom is 0.253 e. The molecule has 0 aliphatic rings. The van der Waals surface area contributed by atoms with Crippen LogP contribution in [0.15, 0.2) is 29.3 Å². The summed E-state index contributed by atoms with van der Waals surface area (Å²) in [5.74, 6) is 1.53. The van der Waals surface area contributed by atoms with Crippen LogP contribution in [0.25, 0.3) is 0 Å². The van der Waals surface area contributed by atoms with Gasteiger partial charge in [-0.2, -0.15) is 0 Å². The number of hydrogen-bond donors (Lipinski definition) is 2. The Labute approximate surface area is 182 Å². The van der Waals surface area contributed by atoms with Crippen LogP contribution >= 0.6 is 24.0 Å². The number of amides is 1. The zero-order chi connectivity index (χ0) is 19.7. The average Bonchev–Trinajstić information content (AvgIpc) is 2.56. The Morgan fingerprint density at radius 1 is 1.22 bits per heavy atom. The number of nitrogens with zero attached hydrogens (tertiary/aromatic N) is 2.